The van der Waals surface area contributed by atoms with Gasteiger partial charge in [-0.2, -0.15) is 0 Å². The van der Waals surface area contributed by atoms with E-state index in [0.29, 0.717) is 0 Å². The van der Waals surface area contributed by atoms with E-state index >= 15 is 0 Å². The molecule has 3 aromatic heterocycles. The minimum atomic E-state index is 0.829. The van der Waals surface area contributed by atoms with E-state index in [2.05, 4.69) is 34.2 Å². The minimum absolute atomic E-state index is 0.829. The van der Waals surface area contributed by atoms with Crippen molar-refractivity contribution >= 4 is 22.1 Å². The SMILES string of the molecule is c1ccc2c(c1)oc1cc(-c3cc(CC4CC5CCC4CC5)ccn3)cnc12. The van der Waals surface area contributed by atoms with Gasteiger partial charge < -0.3 is 4.42 Å². The molecule has 3 nitrogen and oxygen atoms in total. The average Bonchev–Trinajstić information content (AvgIpc) is 3.13. The van der Waals surface area contributed by atoms with Crippen molar-refractivity contribution in [3.8, 4) is 11.3 Å². The predicted molar refractivity (Wildman–Crippen MR) is 112 cm³/mol. The minimum Gasteiger partial charge on any atom is -0.454 e. The zero-order chi connectivity index (χ0) is 18.5. The molecule has 3 heterocycles. The van der Waals surface area contributed by atoms with Gasteiger partial charge in [0.15, 0.2) is 5.58 Å². The Morgan fingerprint density at radius 2 is 1.82 bits per heavy atom. The third kappa shape index (κ3) is 2.72. The summed E-state index contributed by atoms with van der Waals surface area (Å²) in [6.07, 6.45) is 12.3. The number of para-hydroxylation sites is 1. The zero-order valence-corrected chi connectivity index (χ0v) is 16.0. The summed E-state index contributed by atoms with van der Waals surface area (Å²) in [4.78, 5) is 9.32. The van der Waals surface area contributed by atoms with E-state index in [1.54, 1.807) is 0 Å². The summed E-state index contributed by atoms with van der Waals surface area (Å²) in [6.45, 7) is 0. The van der Waals surface area contributed by atoms with Crippen molar-refractivity contribution in [3.05, 3.63) is 60.4 Å². The number of hydrogen-bond acceptors (Lipinski definition) is 3. The Bertz CT molecular complexity index is 1150. The maximum absolute atomic E-state index is 6.01. The smallest absolute Gasteiger partial charge is 0.154 e. The van der Waals surface area contributed by atoms with Gasteiger partial charge in [-0.15, -0.1) is 0 Å². The van der Waals surface area contributed by atoms with Crippen LogP contribution in [0.15, 0.2) is 59.3 Å². The van der Waals surface area contributed by atoms with Crippen LogP contribution in [0.3, 0.4) is 0 Å². The number of nitrogens with zero attached hydrogens (tertiary/aromatic N) is 2. The number of rotatable bonds is 3. The molecular weight excluding hydrogens is 344 g/mol. The summed E-state index contributed by atoms with van der Waals surface area (Å²) in [6, 6.07) is 14.6. The van der Waals surface area contributed by atoms with Gasteiger partial charge in [0.25, 0.3) is 0 Å². The maximum atomic E-state index is 6.01. The number of pyridine rings is 2. The molecule has 1 unspecified atom stereocenters. The topological polar surface area (TPSA) is 38.9 Å². The first-order valence-electron chi connectivity index (χ1n) is 10.6. The van der Waals surface area contributed by atoms with Crippen molar-refractivity contribution in [2.24, 2.45) is 17.8 Å². The highest BCUT2D eigenvalue weighted by Gasteiger charge is 2.35. The molecule has 1 aromatic carbocycles. The van der Waals surface area contributed by atoms with E-state index in [0.717, 1.165) is 51.1 Å². The maximum Gasteiger partial charge on any atom is 0.154 e. The average molecular weight is 368 g/mol. The quantitative estimate of drug-likeness (QED) is 0.419. The van der Waals surface area contributed by atoms with E-state index in [9.17, 15) is 0 Å². The van der Waals surface area contributed by atoms with Crippen molar-refractivity contribution in [1.29, 1.82) is 0 Å². The molecule has 3 aliphatic carbocycles. The zero-order valence-electron chi connectivity index (χ0n) is 16.0. The third-order valence-electron chi connectivity index (χ3n) is 7.03. The molecule has 2 bridgehead atoms. The van der Waals surface area contributed by atoms with Crippen molar-refractivity contribution in [2.45, 2.75) is 38.5 Å². The summed E-state index contributed by atoms with van der Waals surface area (Å²) in [5.74, 6) is 2.78. The van der Waals surface area contributed by atoms with Crippen LogP contribution in [-0.2, 0) is 6.42 Å². The lowest BCUT2D eigenvalue weighted by molar-refractivity contribution is 0.0991. The molecule has 0 saturated heterocycles. The lowest BCUT2D eigenvalue weighted by Gasteiger charge is -2.42. The highest BCUT2D eigenvalue weighted by molar-refractivity contribution is 6.02. The number of benzene rings is 1. The van der Waals surface area contributed by atoms with Crippen molar-refractivity contribution in [2.75, 3.05) is 0 Å². The molecule has 7 rings (SSSR count). The predicted octanol–water partition coefficient (Wildman–Crippen LogP) is 6.41. The van der Waals surface area contributed by atoms with E-state index in [1.807, 2.05) is 30.6 Å². The molecule has 3 heteroatoms. The molecule has 0 spiro atoms. The van der Waals surface area contributed by atoms with Gasteiger partial charge in [-0.25, -0.2) is 0 Å². The second kappa shape index (κ2) is 6.44. The summed E-state index contributed by atoms with van der Waals surface area (Å²) in [5, 5.41) is 1.07. The second-order valence-electron chi connectivity index (χ2n) is 8.70. The van der Waals surface area contributed by atoms with Crippen LogP contribution in [0.25, 0.3) is 33.3 Å². The Kier molecular flexibility index (Phi) is 3.75. The number of fused-ring (bicyclic) bond motifs is 6. The molecule has 1 atom stereocenters. The Balaban J connectivity index is 1.32. The Morgan fingerprint density at radius 1 is 0.929 bits per heavy atom. The largest absolute Gasteiger partial charge is 0.454 e. The van der Waals surface area contributed by atoms with Crippen molar-refractivity contribution < 1.29 is 4.42 Å². The number of hydrogen-bond donors (Lipinski definition) is 0. The summed E-state index contributed by atoms with van der Waals surface area (Å²) < 4.78 is 6.01. The monoisotopic (exact) mass is 368 g/mol. The fourth-order valence-electron chi connectivity index (χ4n) is 5.56. The van der Waals surface area contributed by atoms with Crippen LogP contribution < -0.4 is 0 Å². The van der Waals surface area contributed by atoms with Crippen LogP contribution in [0.4, 0.5) is 0 Å². The number of furan rings is 1. The van der Waals surface area contributed by atoms with Crippen LogP contribution >= 0.6 is 0 Å². The summed E-state index contributed by atoms with van der Waals surface area (Å²) in [7, 11) is 0. The highest BCUT2D eigenvalue weighted by atomic mass is 16.3. The molecule has 3 fully saturated rings. The van der Waals surface area contributed by atoms with Crippen LogP contribution in [0.5, 0.6) is 0 Å². The fraction of sp³-hybridized carbons (Fsp3) is 0.360. The van der Waals surface area contributed by atoms with Gasteiger partial charge in [-0.1, -0.05) is 25.0 Å². The lowest BCUT2D eigenvalue weighted by Crippen LogP contribution is -2.32. The van der Waals surface area contributed by atoms with Gasteiger partial charge in [0.05, 0.1) is 5.69 Å². The Labute approximate surface area is 164 Å². The van der Waals surface area contributed by atoms with Gasteiger partial charge in [0, 0.05) is 23.3 Å². The van der Waals surface area contributed by atoms with Gasteiger partial charge in [0.2, 0.25) is 0 Å². The molecule has 0 amide bonds. The molecular formula is C25H24N2O. The Morgan fingerprint density at radius 3 is 2.68 bits per heavy atom. The fourth-order valence-corrected chi connectivity index (χ4v) is 5.56. The first-order chi connectivity index (χ1) is 13.8. The molecule has 4 aromatic rings. The van der Waals surface area contributed by atoms with Gasteiger partial charge >= 0.3 is 0 Å². The van der Waals surface area contributed by atoms with Gasteiger partial charge in [-0.05, 0) is 79.3 Å². The molecule has 0 radical (unpaired) electrons. The van der Waals surface area contributed by atoms with Crippen LogP contribution in [0, 0.1) is 17.8 Å². The van der Waals surface area contributed by atoms with Gasteiger partial charge in [-0.3, -0.25) is 9.97 Å². The second-order valence-corrected chi connectivity index (χ2v) is 8.70. The van der Waals surface area contributed by atoms with E-state index < -0.39 is 0 Å². The highest BCUT2D eigenvalue weighted by Crippen LogP contribution is 2.46. The third-order valence-corrected chi connectivity index (χ3v) is 7.03. The van der Waals surface area contributed by atoms with Gasteiger partial charge in [0.1, 0.15) is 11.1 Å². The molecule has 3 aliphatic rings. The number of aromatic nitrogens is 2. The van der Waals surface area contributed by atoms with E-state index in [4.69, 9.17) is 4.42 Å². The van der Waals surface area contributed by atoms with Crippen molar-refractivity contribution in [1.82, 2.24) is 9.97 Å². The van der Waals surface area contributed by atoms with Crippen LogP contribution in [0.1, 0.15) is 37.7 Å². The van der Waals surface area contributed by atoms with Crippen LogP contribution in [0.2, 0.25) is 0 Å². The molecule has 140 valence electrons. The lowest BCUT2D eigenvalue weighted by atomic mass is 9.63. The first kappa shape index (κ1) is 16.3. The first-order valence-corrected chi connectivity index (χ1v) is 10.6. The molecule has 3 saturated carbocycles. The molecule has 28 heavy (non-hydrogen) atoms. The Hall–Kier alpha value is -2.68. The standard InChI is InChI=1S/C25H24N2O/c1-2-4-23-21(3-1)25-24(28-23)14-20(15-27-25)22-13-17(9-10-26-22)12-19-11-16-5-7-18(19)8-6-16/h1-4,9-10,13-16,18-19H,5-8,11-12H2. The van der Waals surface area contributed by atoms with E-state index in [-0.39, 0.29) is 0 Å². The van der Waals surface area contributed by atoms with Crippen LogP contribution in [-0.4, -0.2) is 9.97 Å². The van der Waals surface area contributed by atoms with E-state index in [1.165, 1.54) is 44.1 Å². The summed E-state index contributed by atoms with van der Waals surface area (Å²) >= 11 is 0. The van der Waals surface area contributed by atoms with Crippen molar-refractivity contribution in [3.63, 3.8) is 0 Å². The molecule has 0 N–H and O–H groups in total. The molecule has 0 aliphatic heterocycles. The normalized spacial score (nSPS) is 24.2. The summed E-state index contributed by atoms with van der Waals surface area (Å²) in [5.41, 5.74) is 6.07.